The van der Waals surface area contributed by atoms with Gasteiger partial charge in [0.25, 0.3) is 11.8 Å². The van der Waals surface area contributed by atoms with Crippen LogP contribution in [-0.4, -0.2) is 30.4 Å². The molecule has 3 N–H and O–H groups in total. The summed E-state index contributed by atoms with van der Waals surface area (Å²) in [6.07, 6.45) is 1.38. The Hall–Kier alpha value is -3.78. The Kier molecular flexibility index (Phi) is 8.32. The number of ether oxygens (including phenoxy) is 1. The Morgan fingerprint density at radius 2 is 1.71 bits per heavy atom. The molecule has 3 rings (SSSR count). The van der Waals surface area contributed by atoms with E-state index in [1.807, 2.05) is 20.8 Å². The van der Waals surface area contributed by atoms with Gasteiger partial charge in [-0.3, -0.25) is 14.4 Å². The first-order chi connectivity index (χ1) is 16.3. The van der Waals surface area contributed by atoms with Crippen LogP contribution < -0.4 is 20.7 Å². The number of hydrogen-bond acceptors (Lipinski definition) is 5. The number of halogens is 1. The zero-order chi connectivity index (χ0) is 24.7. The van der Waals surface area contributed by atoms with Gasteiger partial charge in [-0.05, 0) is 67.4 Å². The van der Waals surface area contributed by atoms with Gasteiger partial charge in [-0.25, -0.2) is 0 Å². The second kappa shape index (κ2) is 11.4. The van der Waals surface area contributed by atoms with E-state index in [0.29, 0.717) is 34.3 Å². The SMILES string of the molecule is CCOc1ccc(C(=O)NC(C(=O)Nc2ccc(Cl)cc2NC(=O)c2ccco2)C(C)C)cc1. The van der Waals surface area contributed by atoms with E-state index in [2.05, 4.69) is 16.0 Å². The van der Waals surface area contributed by atoms with Gasteiger partial charge in [-0.2, -0.15) is 0 Å². The maximum Gasteiger partial charge on any atom is 0.291 e. The van der Waals surface area contributed by atoms with Crippen molar-refractivity contribution in [1.29, 1.82) is 0 Å². The van der Waals surface area contributed by atoms with E-state index in [1.54, 1.807) is 42.5 Å². The predicted octanol–water partition coefficient (Wildman–Crippen LogP) is 4.98. The number of benzene rings is 2. The van der Waals surface area contributed by atoms with Gasteiger partial charge in [-0.1, -0.05) is 25.4 Å². The topological polar surface area (TPSA) is 110 Å². The molecule has 2 aromatic carbocycles. The molecule has 0 radical (unpaired) electrons. The molecule has 0 spiro atoms. The molecule has 0 fully saturated rings. The largest absolute Gasteiger partial charge is 0.494 e. The van der Waals surface area contributed by atoms with Gasteiger partial charge in [0.05, 0.1) is 24.2 Å². The standard InChI is InChI=1S/C25H26ClN3O5/c1-4-33-18-10-7-16(8-11-18)23(30)29-22(15(2)3)25(32)27-19-12-9-17(26)14-20(19)28-24(31)21-6-5-13-34-21/h5-15,22H,4H2,1-3H3,(H,27,32)(H,28,31)(H,29,30). The predicted molar refractivity (Wildman–Crippen MR) is 130 cm³/mol. The fraction of sp³-hybridized carbons (Fsp3) is 0.240. The molecule has 0 aliphatic carbocycles. The van der Waals surface area contributed by atoms with Crippen molar-refractivity contribution < 1.29 is 23.5 Å². The third-order valence-corrected chi connectivity index (χ3v) is 5.13. The number of amides is 3. The normalized spacial score (nSPS) is 11.6. The Balaban J connectivity index is 1.74. The summed E-state index contributed by atoms with van der Waals surface area (Å²) >= 11 is 6.09. The highest BCUT2D eigenvalue weighted by molar-refractivity contribution is 6.31. The lowest BCUT2D eigenvalue weighted by atomic mass is 10.0. The Morgan fingerprint density at radius 1 is 0.971 bits per heavy atom. The fourth-order valence-corrected chi connectivity index (χ4v) is 3.33. The number of anilines is 2. The van der Waals surface area contributed by atoms with Gasteiger partial charge in [-0.15, -0.1) is 0 Å². The zero-order valence-corrected chi connectivity index (χ0v) is 19.8. The van der Waals surface area contributed by atoms with E-state index < -0.39 is 17.9 Å². The Bertz CT molecular complexity index is 1140. The van der Waals surface area contributed by atoms with Crippen LogP contribution in [0, 0.1) is 5.92 Å². The van der Waals surface area contributed by atoms with Crippen molar-refractivity contribution in [2.75, 3.05) is 17.2 Å². The molecule has 1 unspecified atom stereocenters. The number of hydrogen-bond donors (Lipinski definition) is 3. The molecule has 178 valence electrons. The molecule has 0 bridgehead atoms. The molecule has 1 aromatic heterocycles. The molecule has 0 aliphatic heterocycles. The van der Waals surface area contributed by atoms with Gasteiger partial charge in [0, 0.05) is 10.6 Å². The molecule has 3 amide bonds. The lowest BCUT2D eigenvalue weighted by Crippen LogP contribution is -2.47. The summed E-state index contributed by atoms with van der Waals surface area (Å²) in [7, 11) is 0. The minimum absolute atomic E-state index is 0.111. The lowest BCUT2D eigenvalue weighted by molar-refractivity contribution is -0.118. The highest BCUT2D eigenvalue weighted by Gasteiger charge is 2.26. The summed E-state index contributed by atoms with van der Waals surface area (Å²) in [4.78, 5) is 38.3. The Labute approximate surface area is 202 Å². The highest BCUT2D eigenvalue weighted by atomic mass is 35.5. The Morgan fingerprint density at radius 3 is 2.32 bits per heavy atom. The second-order valence-corrected chi connectivity index (χ2v) is 8.20. The number of rotatable bonds is 9. The van der Waals surface area contributed by atoms with E-state index in [0.717, 1.165) is 0 Å². The quantitative estimate of drug-likeness (QED) is 0.397. The van der Waals surface area contributed by atoms with Crippen LogP contribution in [0.4, 0.5) is 11.4 Å². The van der Waals surface area contributed by atoms with Crippen LogP contribution in [0.5, 0.6) is 5.75 Å². The molecule has 3 aromatic rings. The summed E-state index contributed by atoms with van der Waals surface area (Å²) in [5.74, 6) is -0.763. The van der Waals surface area contributed by atoms with E-state index >= 15 is 0 Å². The average Bonchev–Trinajstić information content (AvgIpc) is 3.35. The van der Waals surface area contributed by atoms with Gasteiger partial charge >= 0.3 is 0 Å². The third-order valence-electron chi connectivity index (χ3n) is 4.90. The van der Waals surface area contributed by atoms with Crippen LogP contribution in [0.15, 0.2) is 65.3 Å². The molecule has 9 heteroatoms. The molecule has 8 nitrogen and oxygen atoms in total. The molecule has 0 aliphatic rings. The van der Waals surface area contributed by atoms with E-state index in [4.69, 9.17) is 20.8 Å². The summed E-state index contributed by atoms with van der Waals surface area (Å²) in [5, 5.41) is 8.60. The monoisotopic (exact) mass is 483 g/mol. The minimum Gasteiger partial charge on any atom is -0.494 e. The fourth-order valence-electron chi connectivity index (χ4n) is 3.16. The van der Waals surface area contributed by atoms with Crippen LogP contribution in [0.3, 0.4) is 0 Å². The number of carbonyl (C=O) groups excluding carboxylic acids is 3. The maximum absolute atomic E-state index is 13.1. The van der Waals surface area contributed by atoms with Crippen molar-refractivity contribution in [2.24, 2.45) is 5.92 Å². The van der Waals surface area contributed by atoms with Gasteiger partial charge < -0.3 is 25.1 Å². The van der Waals surface area contributed by atoms with Crippen molar-refractivity contribution in [3.05, 3.63) is 77.2 Å². The van der Waals surface area contributed by atoms with Crippen LogP contribution in [0.1, 0.15) is 41.7 Å². The van der Waals surface area contributed by atoms with Gasteiger partial charge in [0.2, 0.25) is 5.91 Å². The molecular weight excluding hydrogens is 458 g/mol. The van der Waals surface area contributed by atoms with Crippen molar-refractivity contribution in [3.8, 4) is 5.75 Å². The van der Waals surface area contributed by atoms with E-state index in [9.17, 15) is 14.4 Å². The highest BCUT2D eigenvalue weighted by Crippen LogP contribution is 2.27. The molecule has 34 heavy (non-hydrogen) atoms. The summed E-state index contributed by atoms with van der Waals surface area (Å²) in [6.45, 7) is 6.05. The average molecular weight is 484 g/mol. The first-order valence-electron chi connectivity index (χ1n) is 10.8. The second-order valence-electron chi connectivity index (χ2n) is 7.76. The van der Waals surface area contributed by atoms with Gasteiger partial charge in [0.1, 0.15) is 11.8 Å². The third kappa shape index (κ3) is 6.39. The minimum atomic E-state index is -0.830. The zero-order valence-electron chi connectivity index (χ0n) is 19.1. The molecule has 0 saturated carbocycles. The maximum atomic E-state index is 13.1. The van der Waals surface area contributed by atoms with E-state index in [-0.39, 0.29) is 17.6 Å². The van der Waals surface area contributed by atoms with E-state index in [1.165, 1.54) is 18.4 Å². The van der Waals surface area contributed by atoms with Crippen molar-refractivity contribution in [3.63, 3.8) is 0 Å². The molecule has 1 heterocycles. The van der Waals surface area contributed by atoms with Crippen LogP contribution in [0.25, 0.3) is 0 Å². The van der Waals surface area contributed by atoms with Crippen LogP contribution in [0.2, 0.25) is 5.02 Å². The molecule has 0 saturated heterocycles. The van der Waals surface area contributed by atoms with Crippen molar-refractivity contribution >= 4 is 40.7 Å². The van der Waals surface area contributed by atoms with Crippen molar-refractivity contribution in [1.82, 2.24) is 5.32 Å². The number of nitrogens with one attached hydrogen (secondary N) is 3. The molecule has 1 atom stereocenters. The smallest absolute Gasteiger partial charge is 0.291 e. The van der Waals surface area contributed by atoms with Crippen LogP contribution >= 0.6 is 11.6 Å². The number of carbonyl (C=O) groups is 3. The van der Waals surface area contributed by atoms with Crippen LogP contribution in [-0.2, 0) is 4.79 Å². The lowest BCUT2D eigenvalue weighted by Gasteiger charge is -2.23. The van der Waals surface area contributed by atoms with Crippen molar-refractivity contribution in [2.45, 2.75) is 26.8 Å². The summed E-state index contributed by atoms with van der Waals surface area (Å²) < 4.78 is 10.5. The molecular formula is C25H26ClN3O5. The first kappa shape index (κ1) is 24.9. The van der Waals surface area contributed by atoms with Gasteiger partial charge in [0.15, 0.2) is 5.76 Å². The summed E-state index contributed by atoms with van der Waals surface area (Å²) in [6, 6.07) is 13.6. The first-order valence-corrected chi connectivity index (χ1v) is 11.1. The summed E-state index contributed by atoms with van der Waals surface area (Å²) in [5.41, 5.74) is 1.03. The number of furan rings is 1.